The van der Waals surface area contributed by atoms with Gasteiger partial charge in [0, 0.05) is 11.1 Å². The second-order valence-corrected chi connectivity index (χ2v) is 5.19. The van der Waals surface area contributed by atoms with Crippen molar-refractivity contribution in [2.75, 3.05) is 0 Å². The van der Waals surface area contributed by atoms with Crippen LogP contribution in [-0.2, 0) is 6.42 Å². The summed E-state index contributed by atoms with van der Waals surface area (Å²) in [6.45, 7) is 2.66. The van der Waals surface area contributed by atoms with Crippen molar-refractivity contribution in [3.63, 3.8) is 0 Å². The van der Waals surface area contributed by atoms with E-state index in [9.17, 15) is 44.6 Å². The van der Waals surface area contributed by atoms with Crippen LogP contribution in [0.4, 0.5) is 39.5 Å². The lowest BCUT2D eigenvalue weighted by molar-refractivity contribution is -0.283. The molecule has 0 saturated carbocycles. The lowest BCUT2D eigenvalue weighted by Crippen LogP contribution is -2.39. The van der Waals surface area contributed by atoms with Gasteiger partial charge in [-0.1, -0.05) is 13.8 Å². The first kappa shape index (κ1) is 20.2. The molecule has 1 N–H and O–H groups in total. The number of benzene rings is 1. The van der Waals surface area contributed by atoms with Gasteiger partial charge in [-0.3, -0.25) is 0 Å². The monoisotopic (exact) mass is 370 g/mol. The van der Waals surface area contributed by atoms with Crippen LogP contribution in [0.1, 0.15) is 30.9 Å². The average molecular weight is 370 g/mol. The Kier molecular flexibility index (Phi) is 5.27. The molecule has 0 spiro atoms. The number of alkyl halides is 8. The van der Waals surface area contributed by atoms with Gasteiger partial charge >= 0.3 is 18.5 Å². The second kappa shape index (κ2) is 6.25. The summed E-state index contributed by atoms with van der Waals surface area (Å²) in [5, 5.41) is 9.53. The molecule has 2 nitrogen and oxygen atoms in total. The smallest absolute Gasteiger partial charge is 0.505 e. The quantitative estimate of drug-likeness (QED) is 0.730. The minimum absolute atomic E-state index is 0.387. The van der Waals surface area contributed by atoms with E-state index in [1.807, 2.05) is 0 Å². The molecule has 0 amide bonds. The number of hydrogen-bond acceptors (Lipinski definition) is 2. The minimum atomic E-state index is -6.12. The van der Waals surface area contributed by atoms with Gasteiger partial charge < -0.3 is 9.84 Å². The lowest BCUT2D eigenvalue weighted by Gasteiger charge is -2.23. The largest absolute Gasteiger partial charge is 0.573 e. The first-order valence-corrected chi connectivity index (χ1v) is 6.31. The number of rotatable bonds is 4. The van der Waals surface area contributed by atoms with Gasteiger partial charge in [-0.15, -0.1) is 13.2 Å². The Morgan fingerprint density at radius 3 is 1.92 bits per heavy atom. The predicted molar refractivity (Wildman–Crippen MR) is 63.5 cm³/mol. The summed E-state index contributed by atoms with van der Waals surface area (Å²) in [5.74, 6) is -11.2. The molecular formula is C13H11F9O2. The van der Waals surface area contributed by atoms with E-state index in [2.05, 4.69) is 4.74 Å². The molecule has 0 aromatic heterocycles. The molecule has 0 aliphatic rings. The Bertz CT molecular complexity index is 603. The van der Waals surface area contributed by atoms with Gasteiger partial charge in [0.15, 0.2) is 11.6 Å². The zero-order chi connectivity index (χ0) is 19.1. The molecule has 0 heterocycles. The van der Waals surface area contributed by atoms with Crippen molar-refractivity contribution in [2.24, 2.45) is 0 Å². The Labute approximate surface area is 129 Å². The highest BCUT2D eigenvalue weighted by Gasteiger charge is 2.58. The van der Waals surface area contributed by atoms with Crippen molar-refractivity contribution < 1.29 is 49.4 Å². The van der Waals surface area contributed by atoms with Crippen LogP contribution in [0.15, 0.2) is 6.07 Å². The van der Waals surface area contributed by atoms with Crippen molar-refractivity contribution in [1.82, 2.24) is 0 Å². The van der Waals surface area contributed by atoms with Crippen LogP contribution in [0, 0.1) is 5.82 Å². The molecule has 0 radical (unpaired) electrons. The summed E-state index contributed by atoms with van der Waals surface area (Å²) < 4.78 is 117. The number of phenolic OH excluding ortho intramolecular Hbond substituents is 1. The Morgan fingerprint density at radius 2 is 1.54 bits per heavy atom. The summed E-state index contributed by atoms with van der Waals surface area (Å²) in [7, 11) is 0. The van der Waals surface area contributed by atoms with E-state index in [0.717, 1.165) is 0 Å². The molecular weight excluding hydrogens is 359 g/mol. The number of halogens is 9. The van der Waals surface area contributed by atoms with Crippen molar-refractivity contribution in [3.8, 4) is 11.5 Å². The molecule has 0 bridgehead atoms. The fourth-order valence-corrected chi connectivity index (χ4v) is 1.82. The highest BCUT2D eigenvalue weighted by atomic mass is 19.4. The molecule has 11 heteroatoms. The van der Waals surface area contributed by atoms with Crippen molar-refractivity contribution in [3.05, 3.63) is 23.0 Å². The van der Waals surface area contributed by atoms with Crippen molar-refractivity contribution in [1.29, 1.82) is 0 Å². The van der Waals surface area contributed by atoms with Gasteiger partial charge in [-0.05, 0) is 12.0 Å². The molecule has 0 saturated heterocycles. The summed E-state index contributed by atoms with van der Waals surface area (Å²) >= 11 is 0. The summed E-state index contributed by atoms with van der Waals surface area (Å²) in [6.07, 6.45) is -14.0. The van der Waals surface area contributed by atoms with Crippen LogP contribution in [0.2, 0.25) is 0 Å². The highest BCUT2D eigenvalue weighted by Crippen LogP contribution is 2.44. The van der Waals surface area contributed by atoms with Gasteiger partial charge in [0.25, 0.3) is 0 Å². The number of aromatic hydroxyl groups is 1. The van der Waals surface area contributed by atoms with Crippen LogP contribution in [0.5, 0.6) is 11.5 Å². The van der Waals surface area contributed by atoms with Gasteiger partial charge in [-0.2, -0.15) is 22.0 Å². The van der Waals surface area contributed by atoms with E-state index in [1.54, 1.807) is 0 Å². The SMILES string of the molecule is CC(C)c1cc(OC(F)(F)F)c(CC(F)(F)C(F)(F)F)c(F)c1O. The molecule has 1 aromatic carbocycles. The van der Waals surface area contributed by atoms with Crippen LogP contribution in [-0.4, -0.2) is 23.6 Å². The van der Waals surface area contributed by atoms with E-state index in [4.69, 9.17) is 0 Å². The van der Waals surface area contributed by atoms with Crippen LogP contribution in [0.3, 0.4) is 0 Å². The molecule has 1 aromatic rings. The highest BCUT2D eigenvalue weighted by molar-refractivity contribution is 5.49. The van der Waals surface area contributed by atoms with Gasteiger partial charge in [0.2, 0.25) is 0 Å². The maximum Gasteiger partial charge on any atom is 0.573 e. The fraction of sp³-hybridized carbons (Fsp3) is 0.538. The van der Waals surface area contributed by atoms with Crippen LogP contribution >= 0.6 is 0 Å². The predicted octanol–water partition coefficient (Wildman–Crippen LogP) is 5.29. The third kappa shape index (κ3) is 4.38. The molecule has 0 unspecified atom stereocenters. The van der Waals surface area contributed by atoms with E-state index in [-0.39, 0.29) is 0 Å². The fourth-order valence-electron chi connectivity index (χ4n) is 1.82. The number of ether oxygens (including phenoxy) is 1. The summed E-state index contributed by atoms with van der Waals surface area (Å²) in [6, 6.07) is 0.387. The van der Waals surface area contributed by atoms with E-state index in [0.29, 0.717) is 6.07 Å². The second-order valence-electron chi connectivity index (χ2n) is 5.19. The van der Waals surface area contributed by atoms with Crippen molar-refractivity contribution >= 4 is 0 Å². The van der Waals surface area contributed by atoms with Crippen LogP contribution < -0.4 is 4.74 Å². The number of hydrogen-bond donors (Lipinski definition) is 1. The first-order chi connectivity index (χ1) is 10.6. The van der Waals surface area contributed by atoms with Crippen LogP contribution in [0.25, 0.3) is 0 Å². The van der Waals surface area contributed by atoms with E-state index < -0.39 is 59.2 Å². The molecule has 138 valence electrons. The third-order valence-corrected chi connectivity index (χ3v) is 2.99. The molecule has 0 atom stereocenters. The van der Waals surface area contributed by atoms with Gasteiger partial charge in [0.05, 0.1) is 6.42 Å². The topological polar surface area (TPSA) is 29.5 Å². The summed E-state index contributed by atoms with van der Waals surface area (Å²) in [5.41, 5.74) is -2.16. The molecule has 1 rings (SSSR count). The van der Waals surface area contributed by atoms with Crippen molar-refractivity contribution in [2.45, 2.75) is 44.6 Å². The standard InChI is InChI=1S/C13H11F9O2/c1-5(2)6-3-8(24-13(20,21)22)7(9(14)10(6)23)4-11(15,16)12(17,18)19/h3,5,23H,4H2,1-2H3. The Morgan fingerprint density at radius 1 is 1.04 bits per heavy atom. The van der Waals surface area contributed by atoms with Gasteiger partial charge in [-0.25, -0.2) is 4.39 Å². The first-order valence-electron chi connectivity index (χ1n) is 6.31. The van der Waals surface area contributed by atoms with E-state index in [1.165, 1.54) is 13.8 Å². The minimum Gasteiger partial charge on any atom is -0.505 e. The molecule has 0 aliphatic heterocycles. The Balaban J connectivity index is 3.54. The molecule has 0 aliphatic carbocycles. The molecule has 24 heavy (non-hydrogen) atoms. The van der Waals surface area contributed by atoms with Gasteiger partial charge in [0.1, 0.15) is 5.75 Å². The molecule has 0 fully saturated rings. The van der Waals surface area contributed by atoms with E-state index >= 15 is 0 Å². The normalized spacial score (nSPS) is 13.5. The zero-order valence-corrected chi connectivity index (χ0v) is 12.1. The zero-order valence-electron chi connectivity index (χ0n) is 12.1. The average Bonchev–Trinajstić information content (AvgIpc) is 2.34. The summed E-state index contributed by atoms with van der Waals surface area (Å²) in [4.78, 5) is 0. The maximum absolute atomic E-state index is 14.0. The number of phenols is 1. The Hall–Kier alpha value is -1.81. The lowest BCUT2D eigenvalue weighted by atomic mass is 9.96. The third-order valence-electron chi connectivity index (χ3n) is 2.99. The maximum atomic E-state index is 14.0.